The number of halogens is 1. The summed E-state index contributed by atoms with van der Waals surface area (Å²) in [7, 11) is 5.50. The van der Waals surface area contributed by atoms with Crippen molar-refractivity contribution in [2.75, 3.05) is 0 Å². The van der Waals surface area contributed by atoms with Crippen molar-refractivity contribution in [1.29, 1.82) is 0 Å². The first-order valence-electron chi connectivity index (χ1n) is 1.88. The molecule has 0 aliphatic rings. The van der Waals surface area contributed by atoms with Crippen LogP contribution < -0.4 is 0 Å². The van der Waals surface area contributed by atoms with Gasteiger partial charge in [0.25, 0.3) is 0 Å². The standard InChI is InChI=1S/C3H9IOS2/c1-3(2)7-4(5)6/h3,5-6H,1-2H3. The Kier molecular flexibility index (Phi) is 5.14. The molecule has 0 aliphatic heterocycles. The number of rotatable bonds is 2. The van der Waals surface area contributed by atoms with Crippen LogP contribution in [0.25, 0.3) is 0 Å². The van der Waals surface area contributed by atoms with Crippen molar-refractivity contribution in [3.05, 3.63) is 0 Å². The molecule has 0 unspecified atom stereocenters. The zero-order chi connectivity index (χ0) is 5.86. The van der Waals surface area contributed by atoms with Crippen molar-refractivity contribution in [1.82, 2.24) is 0 Å². The SMILES string of the molecule is CC(C)SI(O)S. The molecule has 0 aromatic heterocycles. The van der Waals surface area contributed by atoms with Gasteiger partial charge < -0.3 is 0 Å². The van der Waals surface area contributed by atoms with Gasteiger partial charge in [-0.25, -0.2) is 0 Å². The second-order valence-corrected chi connectivity index (χ2v) is 10.9. The van der Waals surface area contributed by atoms with E-state index in [2.05, 4.69) is 23.6 Å². The van der Waals surface area contributed by atoms with E-state index in [-0.39, 0.29) is 0 Å². The summed E-state index contributed by atoms with van der Waals surface area (Å²) in [5, 5.41) is 0.535. The van der Waals surface area contributed by atoms with Crippen LogP contribution in [0.2, 0.25) is 0 Å². The second-order valence-electron chi connectivity index (χ2n) is 1.35. The normalized spacial score (nSPS) is 12.4. The van der Waals surface area contributed by atoms with E-state index in [1.54, 1.807) is 8.93 Å². The van der Waals surface area contributed by atoms with E-state index < -0.39 is 17.5 Å². The summed E-state index contributed by atoms with van der Waals surface area (Å²) >= 11 is -1.76. The van der Waals surface area contributed by atoms with E-state index in [4.69, 9.17) is 3.44 Å². The Morgan fingerprint density at radius 2 is 2.14 bits per heavy atom. The van der Waals surface area contributed by atoms with Crippen molar-refractivity contribution in [3.8, 4) is 0 Å². The molecular weight excluding hydrogens is 243 g/mol. The first kappa shape index (κ1) is 8.39. The Balaban J connectivity index is 2.95. The average Bonchev–Trinajstić information content (AvgIpc) is 1.27. The van der Waals surface area contributed by atoms with Gasteiger partial charge in [0.15, 0.2) is 0 Å². The molecule has 4 heteroatoms. The minimum atomic E-state index is -1.76. The third-order valence-corrected chi connectivity index (χ3v) is 6.79. The van der Waals surface area contributed by atoms with Crippen LogP contribution in [0.15, 0.2) is 0 Å². The van der Waals surface area contributed by atoms with E-state index >= 15 is 0 Å². The summed E-state index contributed by atoms with van der Waals surface area (Å²) in [5.74, 6) is 0. The summed E-state index contributed by atoms with van der Waals surface area (Å²) in [6.07, 6.45) is 0. The molecule has 0 bridgehead atoms. The Morgan fingerprint density at radius 3 is 2.14 bits per heavy atom. The maximum absolute atomic E-state index is 8.71. The van der Waals surface area contributed by atoms with E-state index in [0.717, 1.165) is 0 Å². The van der Waals surface area contributed by atoms with Crippen LogP contribution in [0, 0.1) is 0 Å². The molecule has 1 N–H and O–H groups in total. The second kappa shape index (κ2) is 4.29. The van der Waals surface area contributed by atoms with Gasteiger partial charge in [-0.2, -0.15) is 0 Å². The molecular formula is C3H9IOS2. The van der Waals surface area contributed by atoms with E-state index in [1.807, 2.05) is 0 Å². The van der Waals surface area contributed by atoms with Crippen LogP contribution in [0.4, 0.5) is 0 Å². The minimum absolute atomic E-state index is 0.535. The van der Waals surface area contributed by atoms with Crippen LogP contribution in [-0.4, -0.2) is 8.69 Å². The van der Waals surface area contributed by atoms with Crippen molar-refractivity contribution in [3.63, 3.8) is 0 Å². The molecule has 1 nitrogen and oxygen atoms in total. The molecule has 0 spiro atoms. The Hall–Kier alpha value is 1.39. The maximum atomic E-state index is 8.71. The summed E-state index contributed by atoms with van der Waals surface area (Å²) in [6, 6.07) is 0. The van der Waals surface area contributed by atoms with Gasteiger partial charge in [0.05, 0.1) is 0 Å². The molecule has 0 atom stereocenters. The molecule has 0 saturated carbocycles. The fraction of sp³-hybridized carbons (Fsp3) is 1.00. The van der Waals surface area contributed by atoms with Gasteiger partial charge in [0.2, 0.25) is 0 Å². The van der Waals surface area contributed by atoms with E-state index in [1.165, 1.54) is 0 Å². The topological polar surface area (TPSA) is 20.2 Å². The monoisotopic (exact) mass is 252 g/mol. The van der Waals surface area contributed by atoms with E-state index in [9.17, 15) is 0 Å². The number of hydrogen-bond donors (Lipinski definition) is 2. The molecule has 0 heterocycles. The fourth-order valence-electron chi connectivity index (χ4n) is 0.159. The first-order chi connectivity index (χ1) is 3.13. The first-order valence-corrected chi connectivity index (χ1v) is 9.50. The predicted octanol–water partition coefficient (Wildman–Crippen LogP) is 2.30. The summed E-state index contributed by atoms with van der Waals surface area (Å²) in [6.45, 7) is 4.11. The molecule has 7 heavy (non-hydrogen) atoms. The Bertz CT molecular complexity index is 42.2. The zero-order valence-electron chi connectivity index (χ0n) is 4.26. The quantitative estimate of drug-likeness (QED) is 0.581. The Morgan fingerprint density at radius 1 is 1.71 bits per heavy atom. The third-order valence-electron chi connectivity index (χ3n) is 0.258. The zero-order valence-corrected chi connectivity index (χ0v) is 8.13. The molecule has 0 amide bonds. The molecule has 0 aromatic rings. The predicted molar refractivity (Wildman–Crippen MR) is 48.0 cm³/mol. The van der Waals surface area contributed by atoms with Gasteiger partial charge in [-0.3, -0.25) is 0 Å². The Labute approximate surface area is 58.5 Å². The molecule has 0 rings (SSSR count). The van der Waals surface area contributed by atoms with Crippen LogP contribution in [0.5, 0.6) is 0 Å². The molecule has 0 aromatic carbocycles. The number of thiol groups is 1. The van der Waals surface area contributed by atoms with Crippen molar-refractivity contribution >= 4 is 36.2 Å². The van der Waals surface area contributed by atoms with Gasteiger partial charge in [0, 0.05) is 0 Å². The van der Waals surface area contributed by atoms with Gasteiger partial charge in [-0.05, 0) is 0 Å². The van der Waals surface area contributed by atoms with Crippen LogP contribution in [-0.2, 0) is 0 Å². The summed E-state index contributed by atoms with van der Waals surface area (Å²) in [4.78, 5) is 0. The average molecular weight is 252 g/mol. The summed E-state index contributed by atoms with van der Waals surface area (Å²) < 4.78 is 8.71. The fourth-order valence-corrected chi connectivity index (χ4v) is 6.41. The van der Waals surface area contributed by atoms with Gasteiger partial charge >= 0.3 is 58.7 Å². The van der Waals surface area contributed by atoms with Crippen molar-refractivity contribution < 1.29 is 3.44 Å². The summed E-state index contributed by atoms with van der Waals surface area (Å²) in [5.41, 5.74) is 0. The van der Waals surface area contributed by atoms with Crippen LogP contribution in [0.1, 0.15) is 13.8 Å². The number of hydrogen-bond acceptors (Lipinski definition) is 3. The van der Waals surface area contributed by atoms with Gasteiger partial charge in [-0.1, -0.05) is 0 Å². The molecule has 0 fully saturated rings. The van der Waals surface area contributed by atoms with Crippen LogP contribution >= 0.6 is 36.2 Å². The molecule has 0 radical (unpaired) electrons. The molecule has 0 saturated heterocycles. The van der Waals surface area contributed by atoms with Crippen molar-refractivity contribution in [2.45, 2.75) is 19.1 Å². The van der Waals surface area contributed by atoms with Gasteiger partial charge in [-0.15, -0.1) is 0 Å². The van der Waals surface area contributed by atoms with Crippen molar-refractivity contribution in [2.24, 2.45) is 0 Å². The third kappa shape index (κ3) is 7.39. The van der Waals surface area contributed by atoms with E-state index in [0.29, 0.717) is 5.25 Å². The van der Waals surface area contributed by atoms with Crippen LogP contribution in [0.3, 0.4) is 0 Å². The molecule has 0 aliphatic carbocycles. The van der Waals surface area contributed by atoms with Gasteiger partial charge in [0.1, 0.15) is 0 Å². The molecule has 46 valence electrons.